The van der Waals surface area contributed by atoms with Crippen molar-refractivity contribution < 1.29 is 22.7 Å². The molecule has 0 atom stereocenters. The van der Waals surface area contributed by atoms with E-state index >= 15 is 0 Å². The molecule has 3 aromatic carbocycles. The van der Waals surface area contributed by atoms with E-state index in [9.17, 15) is 13.2 Å². The number of anilines is 1. The molecule has 3 rings (SSSR count). The molecule has 0 fully saturated rings. The molecule has 1 N–H and O–H groups in total. The van der Waals surface area contributed by atoms with E-state index in [1.54, 1.807) is 6.07 Å². The summed E-state index contributed by atoms with van der Waals surface area (Å²) in [7, 11) is -1.26. The zero-order valence-electron chi connectivity index (χ0n) is 19.8. The first-order valence-electron chi connectivity index (χ1n) is 10.9. The summed E-state index contributed by atoms with van der Waals surface area (Å²) in [6.07, 6.45) is 0. The molecule has 0 aliphatic heterocycles. The number of carbonyl (C=O) groups is 1. The van der Waals surface area contributed by atoms with Gasteiger partial charge in [-0.15, -0.1) is 0 Å². The lowest BCUT2D eigenvalue weighted by Crippen LogP contribution is -2.37. The summed E-state index contributed by atoms with van der Waals surface area (Å²) < 4.78 is 39.1. The molecule has 0 saturated heterocycles. The molecule has 1 amide bonds. The van der Waals surface area contributed by atoms with Gasteiger partial charge in [-0.3, -0.25) is 4.79 Å². The Morgan fingerprint density at radius 3 is 2.21 bits per heavy atom. The van der Waals surface area contributed by atoms with E-state index in [0.29, 0.717) is 17.4 Å². The van der Waals surface area contributed by atoms with Gasteiger partial charge < -0.3 is 14.8 Å². The summed E-state index contributed by atoms with van der Waals surface area (Å²) in [5, 5.41) is 2.80. The normalized spacial score (nSPS) is 11.5. The zero-order valence-corrected chi connectivity index (χ0v) is 20.6. The third kappa shape index (κ3) is 6.15. The van der Waals surface area contributed by atoms with Crippen LogP contribution in [0.25, 0.3) is 0 Å². The van der Waals surface area contributed by atoms with Gasteiger partial charge in [-0.25, -0.2) is 8.42 Å². The van der Waals surface area contributed by atoms with E-state index in [-0.39, 0.29) is 23.7 Å². The van der Waals surface area contributed by atoms with E-state index in [4.69, 9.17) is 9.47 Å². The minimum absolute atomic E-state index is 0.0171. The first-order valence-corrected chi connectivity index (χ1v) is 12.3. The number of methoxy groups -OCH3 is 2. The Bertz CT molecular complexity index is 1210. The van der Waals surface area contributed by atoms with Gasteiger partial charge in [0.1, 0.15) is 16.4 Å². The van der Waals surface area contributed by atoms with Crippen LogP contribution in [0.15, 0.2) is 77.7 Å². The molecule has 0 radical (unpaired) electrons. The summed E-state index contributed by atoms with van der Waals surface area (Å²) in [5.74, 6) is 0.463. The van der Waals surface area contributed by atoms with Gasteiger partial charge in [0.05, 0.1) is 20.8 Å². The molecule has 0 heterocycles. The van der Waals surface area contributed by atoms with Crippen molar-refractivity contribution in [2.45, 2.75) is 31.2 Å². The number of rotatable bonds is 10. The van der Waals surface area contributed by atoms with E-state index in [1.165, 1.54) is 26.4 Å². The van der Waals surface area contributed by atoms with Crippen LogP contribution in [0.5, 0.6) is 11.5 Å². The molecule has 0 aliphatic carbocycles. The van der Waals surface area contributed by atoms with Crippen LogP contribution in [0.2, 0.25) is 0 Å². The van der Waals surface area contributed by atoms with E-state index in [2.05, 4.69) is 19.2 Å². The van der Waals surface area contributed by atoms with Crippen LogP contribution >= 0.6 is 0 Å². The van der Waals surface area contributed by atoms with Crippen LogP contribution in [-0.2, 0) is 21.4 Å². The van der Waals surface area contributed by atoms with Gasteiger partial charge in [0.2, 0.25) is 15.9 Å². The van der Waals surface area contributed by atoms with E-state index < -0.39 is 15.9 Å². The van der Waals surface area contributed by atoms with Gasteiger partial charge in [-0.05, 0) is 41.3 Å². The fraction of sp³-hybridized carbons (Fsp3) is 0.269. The highest BCUT2D eigenvalue weighted by Crippen LogP contribution is 2.31. The topological polar surface area (TPSA) is 84.9 Å². The molecule has 0 bridgehead atoms. The van der Waals surface area contributed by atoms with Crippen LogP contribution < -0.4 is 14.8 Å². The highest BCUT2D eigenvalue weighted by Gasteiger charge is 2.30. The summed E-state index contributed by atoms with van der Waals surface area (Å²) in [4.78, 5) is 12.8. The van der Waals surface area contributed by atoms with Gasteiger partial charge in [-0.1, -0.05) is 56.3 Å². The smallest absolute Gasteiger partial charge is 0.247 e. The zero-order chi connectivity index (χ0) is 24.7. The third-order valence-electron chi connectivity index (χ3n) is 5.37. The average Bonchev–Trinajstić information content (AvgIpc) is 2.84. The molecule has 34 heavy (non-hydrogen) atoms. The molecule has 0 saturated carbocycles. The number of nitrogens with one attached hydrogen (secondary N) is 1. The van der Waals surface area contributed by atoms with Crippen molar-refractivity contribution in [2.24, 2.45) is 0 Å². The lowest BCUT2D eigenvalue weighted by molar-refractivity contribution is -0.116. The molecule has 3 aromatic rings. The fourth-order valence-corrected chi connectivity index (χ4v) is 5.00. The number of hydrogen-bond acceptors (Lipinski definition) is 5. The maximum Gasteiger partial charge on any atom is 0.247 e. The van der Waals surface area contributed by atoms with Gasteiger partial charge >= 0.3 is 0 Å². The quantitative estimate of drug-likeness (QED) is 0.454. The van der Waals surface area contributed by atoms with Crippen LogP contribution in [0.3, 0.4) is 0 Å². The van der Waals surface area contributed by atoms with Crippen LogP contribution in [0.1, 0.15) is 30.9 Å². The maximum absolute atomic E-state index is 13.7. The second kappa shape index (κ2) is 11.2. The summed E-state index contributed by atoms with van der Waals surface area (Å²) in [6.45, 7) is 3.83. The van der Waals surface area contributed by atoms with Crippen molar-refractivity contribution >= 4 is 21.6 Å². The Morgan fingerprint density at radius 2 is 1.62 bits per heavy atom. The standard InChI is InChI=1S/C26H30N2O5S/c1-19(2)21-10-12-22(13-11-21)27-26(29)18-28(17-20-8-6-5-7-9-20)34(30,31)25-16-23(32-3)14-15-24(25)33-4/h5-16,19H,17-18H2,1-4H3,(H,27,29). The van der Waals surface area contributed by atoms with E-state index in [0.717, 1.165) is 15.4 Å². The predicted octanol–water partition coefficient (Wildman–Crippen LogP) is 4.66. The van der Waals surface area contributed by atoms with E-state index in [1.807, 2.05) is 54.6 Å². The maximum atomic E-state index is 13.7. The first kappa shape index (κ1) is 25.3. The van der Waals surface area contributed by atoms with Gasteiger partial charge in [-0.2, -0.15) is 4.31 Å². The molecular weight excluding hydrogens is 452 g/mol. The third-order valence-corrected chi connectivity index (χ3v) is 7.18. The van der Waals surface area contributed by atoms with Gasteiger partial charge in [0.15, 0.2) is 0 Å². The van der Waals surface area contributed by atoms with Crippen LogP contribution in [0, 0.1) is 0 Å². The number of ether oxygens (including phenoxy) is 2. The predicted molar refractivity (Wildman–Crippen MR) is 133 cm³/mol. The molecule has 0 unspecified atom stereocenters. The number of nitrogens with zero attached hydrogens (tertiary/aromatic N) is 1. The Labute approximate surface area is 201 Å². The number of amides is 1. The first-order chi connectivity index (χ1) is 16.2. The summed E-state index contributed by atoms with van der Waals surface area (Å²) in [6, 6.07) is 21.2. The molecule has 180 valence electrons. The molecule has 0 aliphatic rings. The Hall–Kier alpha value is -3.36. The lowest BCUT2D eigenvalue weighted by Gasteiger charge is -2.23. The summed E-state index contributed by atoms with van der Waals surface area (Å²) >= 11 is 0. The van der Waals surface area contributed by atoms with Crippen LogP contribution in [-0.4, -0.2) is 39.4 Å². The minimum Gasteiger partial charge on any atom is -0.497 e. The van der Waals surface area contributed by atoms with Crippen molar-refractivity contribution in [2.75, 3.05) is 26.1 Å². The lowest BCUT2D eigenvalue weighted by atomic mass is 10.0. The molecule has 7 nitrogen and oxygen atoms in total. The van der Waals surface area contributed by atoms with Crippen molar-refractivity contribution in [3.63, 3.8) is 0 Å². The second-order valence-corrected chi connectivity index (χ2v) is 10.0. The number of benzene rings is 3. The Morgan fingerprint density at radius 1 is 0.941 bits per heavy atom. The van der Waals surface area contributed by atoms with Crippen molar-refractivity contribution in [3.8, 4) is 11.5 Å². The second-order valence-electron chi connectivity index (χ2n) is 8.10. The molecule has 0 aromatic heterocycles. The SMILES string of the molecule is COc1ccc(OC)c(S(=O)(=O)N(CC(=O)Nc2ccc(C(C)C)cc2)Cc2ccccc2)c1. The number of hydrogen-bond donors (Lipinski definition) is 1. The minimum atomic E-state index is -4.11. The summed E-state index contributed by atoms with van der Waals surface area (Å²) in [5.41, 5.74) is 2.50. The monoisotopic (exact) mass is 482 g/mol. The van der Waals surface area contributed by atoms with Crippen molar-refractivity contribution in [1.82, 2.24) is 4.31 Å². The average molecular weight is 483 g/mol. The molecule has 8 heteroatoms. The molecular formula is C26H30N2O5S. The highest BCUT2D eigenvalue weighted by atomic mass is 32.2. The van der Waals surface area contributed by atoms with Gasteiger partial charge in [0, 0.05) is 18.3 Å². The Balaban J connectivity index is 1.91. The van der Waals surface area contributed by atoms with Crippen LogP contribution in [0.4, 0.5) is 5.69 Å². The van der Waals surface area contributed by atoms with Crippen molar-refractivity contribution in [3.05, 3.63) is 83.9 Å². The number of carbonyl (C=O) groups excluding carboxylic acids is 1. The van der Waals surface area contributed by atoms with Crippen molar-refractivity contribution in [1.29, 1.82) is 0 Å². The number of sulfonamides is 1. The van der Waals surface area contributed by atoms with Gasteiger partial charge in [0.25, 0.3) is 0 Å². The highest BCUT2D eigenvalue weighted by molar-refractivity contribution is 7.89. The fourth-order valence-electron chi connectivity index (χ4n) is 3.45. The molecule has 0 spiro atoms. The largest absolute Gasteiger partial charge is 0.497 e. The Kier molecular flexibility index (Phi) is 8.31.